The van der Waals surface area contributed by atoms with Crippen LogP contribution in [-0.4, -0.2) is 26.1 Å². The number of benzene rings is 1. The number of nitrogens with zero attached hydrogens (tertiary/aromatic N) is 2. The Kier molecular flexibility index (Phi) is 5.85. The average Bonchev–Trinajstić information content (AvgIpc) is 2.38. The molecule has 0 spiro atoms. The van der Waals surface area contributed by atoms with E-state index in [4.69, 9.17) is 10.00 Å². The quantitative estimate of drug-likeness (QED) is 0.782. The largest absolute Gasteiger partial charge is 0.496 e. The number of methoxy groups -OCH3 is 1. The maximum absolute atomic E-state index is 8.78. The lowest BCUT2D eigenvalue weighted by Gasteiger charge is -2.25. The van der Waals surface area contributed by atoms with Crippen molar-refractivity contribution in [3.8, 4) is 11.8 Å². The summed E-state index contributed by atoms with van der Waals surface area (Å²) in [7, 11) is 5.82. The molecule has 3 nitrogen and oxygen atoms in total. The van der Waals surface area contributed by atoms with E-state index in [-0.39, 0.29) is 6.04 Å². The summed E-state index contributed by atoms with van der Waals surface area (Å²) in [4.78, 5) is 2.17. The van der Waals surface area contributed by atoms with Crippen LogP contribution in [0.25, 0.3) is 0 Å². The molecular formula is C16H24N2O. The summed E-state index contributed by atoms with van der Waals surface area (Å²) < 4.78 is 5.42. The minimum absolute atomic E-state index is 0.281. The fourth-order valence-corrected chi connectivity index (χ4v) is 2.34. The standard InChI is InChI=1S/C16H24N2O/c1-12(2)14-11-13(8-9-16(14)19-5)15(18(3)4)7-6-10-17/h8-9,11-12,15H,6-7H2,1-5H3. The number of hydrogen-bond donors (Lipinski definition) is 0. The van der Waals surface area contributed by atoms with Crippen molar-refractivity contribution >= 4 is 0 Å². The topological polar surface area (TPSA) is 36.3 Å². The van der Waals surface area contributed by atoms with Crippen LogP contribution in [0.5, 0.6) is 5.75 Å². The van der Waals surface area contributed by atoms with Crippen molar-refractivity contribution in [1.82, 2.24) is 4.90 Å². The molecule has 1 unspecified atom stereocenters. The molecule has 0 fully saturated rings. The molecule has 0 aliphatic carbocycles. The van der Waals surface area contributed by atoms with Crippen molar-refractivity contribution in [2.45, 2.75) is 38.6 Å². The molecule has 104 valence electrons. The lowest BCUT2D eigenvalue weighted by atomic mass is 9.94. The van der Waals surface area contributed by atoms with E-state index in [1.165, 1.54) is 11.1 Å². The molecule has 0 aliphatic heterocycles. The minimum atomic E-state index is 0.281. The third kappa shape index (κ3) is 3.97. The number of nitriles is 1. The van der Waals surface area contributed by atoms with Crippen LogP contribution in [0.2, 0.25) is 0 Å². The predicted octanol–water partition coefficient (Wildman–Crippen LogP) is 3.73. The summed E-state index contributed by atoms with van der Waals surface area (Å²) >= 11 is 0. The van der Waals surface area contributed by atoms with Gasteiger partial charge in [0.15, 0.2) is 0 Å². The van der Waals surface area contributed by atoms with Crippen LogP contribution in [0.15, 0.2) is 18.2 Å². The molecule has 1 atom stereocenters. The summed E-state index contributed by atoms with van der Waals surface area (Å²) in [5, 5.41) is 8.78. The second kappa shape index (κ2) is 7.16. The van der Waals surface area contributed by atoms with Crippen LogP contribution >= 0.6 is 0 Å². The molecule has 19 heavy (non-hydrogen) atoms. The normalized spacial score (nSPS) is 12.5. The summed E-state index contributed by atoms with van der Waals surface area (Å²) in [6.07, 6.45) is 1.43. The zero-order valence-corrected chi connectivity index (χ0v) is 12.6. The summed E-state index contributed by atoms with van der Waals surface area (Å²) in [5.74, 6) is 1.37. The first-order valence-electron chi connectivity index (χ1n) is 6.72. The first kappa shape index (κ1) is 15.5. The van der Waals surface area contributed by atoms with Gasteiger partial charge < -0.3 is 9.64 Å². The summed E-state index contributed by atoms with van der Waals surface area (Å²) in [6.45, 7) is 4.34. The van der Waals surface area contributed by atoms with E-state index in [1.54, 1.807) is 7.11 Å². The first-order valence-corrected chi connectivity index (χ1v) is 6.72. The van der Waals surface area contributed by atoms with E-state index in [0.29, 0.717) is 12.3 Å². The lowest BCUT2D eigenvalue weighted by Crippen LogP contribution is -2.20. The van der Waals surface area contributed by atoms with Gasteiger partial charge >= 0.3 is 0 Å². The molecule has 3 heteroatoms. The van der Waals surface area contributed by atoms with Crippen LogP contribution < -0.4 is 4.74 Å². The Morgan fingerprint density at radius 2 is 2.00 bits per heavy atom. The van der Waals surface area contributed by atoms with Crippen LogP contribution in [-0.2, 0) is 0 Å². The third-order valence-electron chi connectivity index (χ3n) is 3.41. The molecule has 0 N–H and O–H groups in total. The predicted molar refractivity (Wildman–Crippen MR) is 78.4 cm³/mol. The van der Waals surface area contributed by atoms with Crippen molar-refractivity contribution in [3.05, 3.63) is 29.3 Å². The molecule has 0 amide bonds. The smallest absolute Gasteiger partial charge is 0.122 e. The molecule has 1 aromatic rings. The molecule has 0 aliphatic rings. The van der Waals surface area contributed by atoms with Gasteiger partial charge in [-0.05, 0) is 43.6 Å². The van der Waals surface area contributed by atoms with Gasteiger partial charge in [-0.1, -0.05) is 26.0 Å². The van der Waals surface area contributed by atoms with Crippen molar-refractivity contribution in [1.29, 1.82) is 5.26 Å². The van der Waals surface area contributed by atoms with Gasteiger partial charge in [-0.25, -0.2) is 0 Å². The molecule has 0 bridgehead atoms. The third-order valence-corrected chi connectivity index (χ3v) is 3.41. The van der Waals surface area contributed by atoms with Crippen LogP contribution in [0.4, 0.5) is 0 Å². The Bertz CT molecular complexity index is 447. The average molecular weight is 260 g/mol. The number of rotatable bonds is 6. The van der Waals surface area contributed by atoms with Gasteiger partial charge in [-0.2, -0.15) is 5.26 Å². The molecule has 0 radical (unpaired) electrons. The van der Waals surface area contributed by atoms with E-state index in [1.807, 2.05) is 6.07 Å². The SMILES string of the molecule is COc1ccc(C(CCC#N)N(C)C)cc1C(C)C. The molecule has 0 saturated carbocycles. The Hall–Kier alpha value is -1.53. The Balaban J connectivity index is 3.11. The molecule has 1 aromatic carbocycles. The molecule has 0 aromatic heterocycles. The van der Waals surface area contributed by atoms with E-state index in [0.717, 1.165) is 12.2 Å². The second-order valence-electron chi connectivity index (χ2n) is 5.33. The van der Waals surface area contributed by atoms with Crippen molar-refractivity contribution in [2.75, 3.05) is 21.2 Å². The zero-order valence-electron chi connectivity index (χ0n) is 12.6. The molecule has 0 heterocycles. The second-order valence-corrected chi connectivity index (χ2v) is 5.33. The van der Waals surface area contributed by atoms with E-state index in [2.05, 4.69) is 51.0 Å². The van der Waals surface area contributed by atoms with Crippen molar-refractivity contribution < 1.29 is 4.74 Å². The van der Waals surface area contributed by atoms with Gasteiger partial charge in [0.1, 0.15) is 5.75 Å². The molecular weight excluding hydrogens is 236 g/mol. The molecule has 1 rings (SSSR count). The van der Waals surface area contributed by atoms with Crippen LogP contribution in [0.1, 0.15) is 49.8 Å². The van der Waals surface area contributed by atoms with Gasteiger partial charge in [0.25, 0.3) is 0 Å². The number of hydrogen-bond acceptors (Lipinski definition) is 3. The zero-order chi connectivity index (χ0) is 14.4. The van der Waals surface area contributed by atoms with Gasteiger partial charge in [-0.15, -0.1) is 0 Å². The van der Waals surface area contributed by atoms with Gasteiger partial charge in [0.05, 0.1) is 13.2 Å². The Labute approximate surface area is 116 Å². The number of ether oxygens (including phenoxy) is 1. The highest BCUT2D eigenvalue weighted by Gasteiger charge is 2.16. The fraction of sp³-hybridized carbons (Fsp3) is 0.562. The highest BCUT2D eigenvalue weighted by Crippen LogP contribution is 2.32. The minimum Gasteiger partial charge on any atom is -0.496 e. The van der Waals surface area contributed by atoms with E-state index >= 15 is 0 Å². The highest BCUT2D eigenvalue weighted by molar-refractivity contribution is 5.40. The van der Waals surface area contributed by atoms with Gasteiger partial charge in [-0.3, -0.25) is 0 Å². The van der Waals surface area contributed by atoms with Crippen molar-refractivity contribution in [3.63, 3.8) is 0 Å². The van der Waals surface area contributed by atoms with Crippen LogP contribution in [0, 0.1) is 11.3 Å². The Morgan fingerprint density at radius 1 is 1.32 bits per heavy atom. The van der Waals surface area contributed by atoms with Gasteiger partial charge in [0.2, 0.25) is 0 Å². The van der Waals surface area contributed by atoms with E-state index in [9.17, 15) is 0 Å². The van der Waals surface area contributed by atoms with Crippen LogP contribution in [0.3, 0.4) is 0 Å². The molecule has 0 saturated heterocycles. The fourth-order valence-electron chi connectivity index (χ4n) is 2.34. The van der Waals surface area contributed by atoms with Gasteiger partial charge in [0, 0.05) is 12.5 Å². The van der Waals surface area contributed by atoms with Crippen molar-refractivity contribution in [2.24, 2.45) is 0 Å². The lowest BCUT2D eigenvalue weighted by molar-refractivity contribution is 0.285. The Morgan fingerprint density at radius 3 is 2.47 bits per heavy atom. The summed E-state index contributed by atoms with van der Waals surface area (Å²) in [6, 6.07) is 8.86. The maximum Gasteiger partial charge on any atom is 0.122 e. The highest BCUT2D eigenvalue weighted by atomic mass is 16.5. The summed E-state index contributed by atoms with van der Waals surface area (Å²) in [5.41, 5.74) is 2.48. The monoisotopic (exact) mass is 260 g/mol. The first-order chi connectivity index (χ1) is 9.01. The maximum atomic E-state index is 8.78. The van der Waals surface area contributed by atoms with E-state index < -0.39 is 0 Å².